The SMILES string of the molecule is CC(C)(CNc1ncc2c(-c3ccc4nccn4n3)ccn2n1)C(F)(F)F. The van der Waals surface area contributed by atoms with Gasteiger partial charge in [0.05, 0.1) is 22.8 Å². The van der Waals surface area contributed by atoms with Gasteiger partial charge in [0.2, 0.25) is 5.95 Å². The highest BCUT2D eigenvalue weighted by Crippen LogP contribution is 2.37. The van der Waals surface area contributed by atoms with Crippen LogP contribution in [0.1, 0.15) is 13.8 Å². The number of halogens is 3. The number of aromatic nitrogens is 6. The highest BCUT2D eigenvalue weighted by Gasteiger charge is 2.47. The third-order valence-corrected chi connectivity index (χ3v) is 4.40. The number of rotatable bonds is 4. The molecule has 1 N–H and O–H groups in total. The minimum atomic E-state index is -4.32. The van der Waals surface area contributed by atoms with Crippen molar-refractivity contribution in [3.05, 3.63) is 43.0 Å². The number of alkyl halides is 3. The summed E-state index contributed by atoms with van der Waals surface area (Å²) in [6.45, 7) is 1.93. The topological polar surface area (TPSA) is 72.4 Å². The van der Waals surface area contributed by atoms with Crippen LogP contribution in [-0.2, 0) is 0 Å². The first-order valence-corrected chi connectivity index (χ1v) is 8.20. The van der Waals surface area contributed by atoms with Crippen molar-refractivity contribution in [3.8, 4) is 11.3 Å². The molecule has 0 aliphatic rings. The van der Waals surface area contributed by atoms with Crippen molar-refractivity contribution in [1.29, 1.82) is 0 Å². The van der Waals surface area contributed by atoms with Crippen LogP contribution < -0.4 is 5.32 Å². The van der Waals surface area contributed by atoms with Gasteiger partial charge in [-0.15, -0.1) is 5.10 Å². The van der Waals surface area contributed by atoms with Gasteiger partial charge in [0.15, 0.2) is 5.65 Å². The lowest BCUT2D eigenvalue weighted by Gasteiger charge is -2.27. The summed E-state index contributed by atoms with van der Waals surface area (Å²) in [5.74, 6) is 0.125. The molecule has 4 aromatic heterocycles. The van der Waals surface area contributed by atoms with Gasteiger partial charge in [-0.3, -0.25) is 0 Å². The van der Waals surface area contributed by atoms with E-state index in [0.29, 0.717) is 11.2 Å². The first-order chi connectivity index (χ1) is 12.7. The van der Waals surface area contributed by atoms with Gasteiger partial charge in [0.1, 0.15) is 0 Å². The minimum absolute atomic E-state index is 0.125. The van der Waals surface area contributed by atoms with E-state index in [1.54, 1.807) is 33.8 Å². The van der Waals surface area contributed by atoms with E-state index in [1.165, 1.54) is 0 Å². The zero-order chi connectivity index (χ0) is 19.2. The van der Waals surface area contributed by atoms with Crippen molar-refractivity contribution in [2.75, 3.05) is 11.9 Å². The second-order valence-electron chi connectivity index (χ2n) is 6.82. The fraction of sp³-hybridized carbons (Fsp3) is 0.294. The number of imidazole rings is 1. The van der Waals surface area contributed by atoms with Crippen LogP contribution in [0.15, 0.2) is 43.0 Å². The molecule has 0 atom stereocenters. The first kappa shape index (κ1) is 17.3. The van der Waals surface area contributed by atoms with Gasteiger partial charge in [-0.25, -0.2) is 19.0 Å². The molecule has 0 aromatic carbocycles. The fourth-order valence-electron chi connectivity index (χ4n) is 2.56. The zero-order valence-corrected chi connectivity index (χ0v) is 14.6. The smallest absolute Gasteiger partial charge is 0.352 e. The predicted octanol–water partition coefficient (Wildman–Crippen LogP) is 3.44. The molecule has 0 bridgehead atoms. The van der Waals surface area contributed by atoms with E-state index < -0.39 is 11.6 Å². The van der Waals surface area contributed by atoms with Crippen LogP contribution in [0.4, 0.5) is 19.1 Å². The summed E-state index contributed by atoms with van der Waals surface area (Å²) in [7, 11) is 0. The lowest BCUT2D eigenvalue weighted by Crippen LogP contribution is -2.38. The lowest BCUT2D eigenvalue weighted by molar-refractivity contribution is -0.206. The highest BCUT2D eigenvalue weighted by atomic mass is 19.4. The average Bonchev–Trinajstić information content (AvgIpc) is 3.24. The maximum atomic E-state index is 13.0. The molecule has 0 aliphatic heterocycles. The predicted molar refractivity (Wildman–Crippen MR) is 93.3 cm³/mol. The largest absolute Gasteiger partial charge is 0.395 e. The van der Waals surface area contributed by atoms with Crippen LogP contribution in [0.2, 0.25) is 0 Å². The van der Waals surface area contributed by atoms with Crippen LogP contribution >= 0.6 is 0 Å². The third kappa shape index (κ3) is 3.07. The molecule has 0 unspecified atom stereocenters. The van der Waals surface area contributed by atoms with E-state index >= 15 is 0 Å². The molecule has 10 heteroatoms. The monoisotopic (exact) mass is 375 g/mol. The first-order valence-electron chi connectivity index (χ1n) is 8.20. The van der Waals surface area contributed by atoms with E-state index in [-0.39, 0.29) is 12.5 Å². The van der Waals surface area contributed by atoms with E-state index in [2.05, 4.69) is 25.5 Å². The average molecular weight is 375 g/mol. The Morgan fingerprint density at radius 1 is 1.00 bits per heavy atom. The van der Waals surface area contributed by atoms with Gasteiger partial charge in [-0.1, -0.05) is 0 Å². The summed E-state index contributed by atoms with van der Waals surface area (Å²) in [5, 5.41) is 11.4. The van der Waals surface area contributed by atoms with Gasteiger partial charge in [-0.2, -0.15) is 18.3 Å². The summed E-state index contributed by atoms with van der Waals surface area (Å²) in [5.41, 5.74) is 1.07. The molecule has 7 nitrogen and oxygen atoms in total. The van der Waals surface area contributed by atoms with E-state index in [4.69, 9.17) is 0 Å². The molecule has 0 amide bonds. The maximum absolute atomic E-state index is 13.0. The number of hydrogen-bond acceptors (Lipinski definition) is 5. The Bertz CT molecular complexity index is 1110. The Morgan fingerprint density at radius 2 is 1.81 bits per heavy atom. The molecule has 0 aliphatic carbocycles. The van der Waals surface area contributed by atoms with Crippen LogP contribution in [0.3, 0.4) is 0 Å². The van der Waals surface area contributed by atoms with Crippen molar-refractivity contribution >= 4 is 17.1 Å². The Hall–Kier alpha value is -3.17. The second-order valence-corrected chi connectivity index (χ2v) is 6.82. The molecule has 4 aromatic rings. The van der Waals surface area contributed by atoms with Crippen LogP contribution in [0.25, 0.3) is 22.4 Å². The standard InChI is InChI=1S/C17H16F3N7/c1-16(2,17(18,19)20)10-23-15-22-9-13-11(5-7-26(13)25-15)12-3-4-14-21-6-8-27(14)24-12/h3-9H,10H2,1-2H3,(H,23,25). The molecule has 0 saturated heterocycles. The molecule has 27 heavy (non-hydrogen) atoms. The highest BCUT2D eigenvalue weighted by molar-refractivity contribution is 5.78. The van der Waals surface area contributed by atoms with Gasteiger partial charge < -0.3 is 5.32 Å². The molecule has 4 rings (SSSR count). The Kier molecular flexibility index (Phi) is 3.79. The van der Waals surface area contributed by atoms with Crippen LogP contribution in [0.5, 0.6) is 0 Å². The Morgan fingerprint density at radius 3 is 2.59 bits per heavy atom. The van der Waals surface area contributed by atoms with Crippen molar-refractivity contribution < 1.29 is 13.2 Å². The third-order valence-electron chi connectivity index (χ3n) is 4.40. The summed E-state index contributed by atoms with van der Waals surface area (Å²) in [6, 6.07) is 5.52. The summed E-state index contributed by atoms with van der Waals surface area (Å²) in [6.07, 6.45) is 2.37. The minimum Gasteiger partial charge on any atom is -0.352 e. The number of nitrogens with zero attached hydrogens (tertiary/aromatic N) is 6. The fourth-order valence-corrected chi connectivity index (χ4v) is 2.56. The van der Waals surface area contributed by atoms with Crippen molar-refractivity contribution in [3.63, 3.8) is 0 Å². The van der Waals surface area contributed by atoms with Gasteiger partial charge >= 0.3 is 6.18 Å². The van der Waals surface area contributed by atoms with Crippen molar-refractivity contribution in [2.45, 2.75) is 20.0 Å². The van der Waals surface area contributed by atoms with Crippen LogP contribution in [0, 0.1) is 5.41 Å². The number of nitrogens with one attached hydrogen (secondary N) is 1. The van der Waals surface area contributed by atoms with E-state index in [1.807, 2.05) is 18.2 Å². The molecule has 4 heterocycles. The van der Waals surface area contributed by atoms with Crippen LogP contribution in [-0.4, -0.2) is 41.9 Å². The Balaban J connectivity index is 1.62. The van der Waals surface area contributed by atoms with Gasteiger partial charge in [0.25, 0.3) is 0 Å². The maximum Gasteiger partial charge on any atom is 0.395 e. The van der Waals surface area contributed by atoms with Crippen molar-refractivity contribution in [1.82, 2.24) is 29.2 Å². The number of anilines is 1. The van der Waals surface area contributed by atoms with Gasteiger partial charge in [-0.05, 0) is 32.0 Å². The summed E-state index contributed by atoms with van der Waals surface area (Å²) < 4.78 is 42.1. The molecule has 0 spiro atoms. The molecule has 0 radical (unpaired) electrons. The van der Waals surface area contributed by atoms with E-state index in [9.17, 15) is 13.2 Å². The molecule has 0 fully saturated rings. The summed E-state index contributed by atoms with van der Waals surface area (Å²) >= 11 is 0. The van der Waals surface area contributed by atoms with Crippen molar-refractivity contribution in [2.24, 2.45) is 5.41 Å². The van der Waals surface area contributed by atoms with E-state index in [0.717, 1.165) is 25.1 Å². The number of fused-ring (bicyclic) bond motifs is 2. The second kappa shape index (κ2) is 5.93. The normalized spacial score (nSPS) is 12.8. The molecular weight excluding hydrogens is 359 g/mol. The molecule has 140 valence electrons. The lowest BCUT2D eigenvalue weighted by atomic mass is 9.93. The van der Waals surface area contributed by atoms with Gasteiger partial charge in [0, 0.05) is 30.7 Å². The zero-order valence-electron chi connectivity index (χ0n) is 14.6. The number of hydrogen-bond donors (Lipinski definition) is 1. The summed E-state index contributed by atoms with van der Waals surface area (Å²) in [4.78, 5) is 8.30. The quantitative estimate of drug-likeness (QED) is 0.592. The Labute approximate surface area is 151 Å². The molecular formula is C17H16F3N7. The molecule has 0 saturated carbocycles.